The molecule has 2 heterocycles. The van der Waals surface area contributed by atoms with Gasteiger partial charge in [-0.05, 0) is 24.3 Å². The summed E-state index contributed by atoms with van der Waals surface area (Å²) < 4.78 is 20.2. The van der Waals surface area contributed by atoms with Gasteiger partial charge in [0.25, 0.3) is 5.91 Å². The first kappa shape index (κ1) is 19.8. The third-order valence-electron chi connectivity index (χ3n) is 4.41. The maximum Gasteiger partial charge on any atom is 0.251 e. The van der Waals surface area contributed by atoms with Gasteiger partial charge in [0.15, 0.2) is 5.16 Å². The van der Waals surface area contributed by atoms with Gasteiger partial charge < -0.3 is 14.6 Å². The van der Waals surface area contributed by atoms with E-state index in [0.29, 0.717) is 18.5 Å². The fourth-order valence-electron chi connectivity index (χ4n) is 2.77. The molecular weight excluding hydrogens is 369 g/mol. The summed E-state index contributed by atoms with van der Waals surface area (Å²) in [6.45, 7) is 5.03. The number of halogens is 1. The summed E-state index contributed by atoms with van der Waals surface area (Å²) in [7, 11) is 1.94. The van der Waals surface area contributed by atoms with Gasteiger partial charge in [0.2, 0.25) is 0 Å². The zero-order valence-corrected chi connectivity index (χ0v) is 16.2. The van der Waals surface area contributed by atoms with Crippen LogP contribution in [0, 0.1) is 5.82 Å². The summed E-state index contributed by atoms with van der Waals surface area (Å²) in [4.78, 5) is 14.4. The van der Waals surface area contributed by atoms with Crippen molar-refractivity contribution in [3.8, 4) is 0 Å². The van der Waals surface area contributed by atoms with E-state index in [1.165, 1.54) is 24.3 Å². The molecule has 3 rings (SSSR count). The summed E-state index contributed by atoms with van der Waals surface area (Å²) in [5.41, 5.74) is 0.439. The molecule has 1 aliphatic heterocycles. The van der Waals surface area contributed by atoms with Gasteiger partial charge in [-0.2, -0.15) is 0 Å². The maximum absolute atomic E-state index is 12.9. The standard InChI is InChI=1S/C18H24FN5O2S/c1-23-16(6-7-20-17(25)14-2-4-15(19)5-3-14)21-22-18(23)27-13-10-24-8-11-26-12-9-24/h2-5H,6-13H2,1H3,(H,20,25). The molecule has 0 unspecified atom stereocenters. The minimum Gasteiger partial charge on any atom is -0.379 e. The first-order valence-corrected chi connectivity index (χ1v) is 9.97. The van der Waals surface area contributed by atoms with Crippen molar-refractivity contribution in [1.82, 2.24) is 25.0 Å². The number of rotatable bonds is 8. The lowest BCUT2D eigenvalue weighted by molar-refractivity contribution is 0.0410. The van der Waals surface area contributed by atoms with Crippen LogP contribution in [0.25, 0.3) is 0 Å². The van der Waals surface area contributed by atoms with Crippen LogP contribution in [-0.2, 0) is 18.2 Å². The van der Waals surface area contributed by atoms with Crippen molar-refractivity contribution >= 4 is 17.7 Å². The van der Waals surface area contributed by atoms with E-state index in [4.69, 9.17) is 4.74 Å². The Morgan fingerprint density at radius 2 is 2.00 bits per heavy atom. The Labute approximate surface area is 162 Å². The molecular formula is C18H24FN5O2S. The van der Waals surface area contributed by atoms with Crippen molar-refractivity contribution in [1.29, 1.82) is 0 Å². The van der Waals surface area contributed by atoms with Crippen molar-refractivity contribution in [2.75, 3.05) is 45.1 Å². The van der Waals surface area contributed by atoms with Gasteiger partial charge in [0.1, 0.15) is 11.6 Å². The second-order valence-corrected chi connectivity index (χ2v) is 7.34. The van der Waals surface area contributed by atoms with Crippen molar-refractivity contribution in [2.24, 2.45) is 7.05 Å². The lowest BCUT2D eigenvalue weighted by Crippen LogP contribution is -2.37. The minimum absolute atomic E-state index is 0.225. The van der Waals surface area contributed by atoms with Crippen LogP contribution in [0.4, 0.5) is 4.39 Å². The lowest BCUT2D eigenvalue weighted by atomic mass is 10.2. The number of carbonyl (C=O) groups excluding carboxylic acids is 1. The normalized spacial score (nSPS) is 15.0. The zero-order valence-electron chi connectivity index (χ0n) is 15.4. The quantitative estimate of drug-likeness (QED) is 0.683. The number of nitrogens with one attached hydrogen (secondary N) is 1. The van der Waals surface area contributed by atoms with Crippen LogP contribution in [0.1, 0.15) is 16.2 Å². The monoisotopic (exact) mass is 393 g/mol. The molecule has 1 N–H and O–H groups in total. The highest BCUT2D eigenvalue weighted by atomic mass is 32.2. The number of carbonyl (C=O) groups is 1. The van der Waals surface area contributed by atoms with Gasteiger partial charge in [0, 0.05) is 51.0 Å². The number of benzene rings is 1. The molecule has 2 aromatic rings. The van der Waals surface area contributed by atoms with Crippen LogP contribution in [0.2, 0.25) is 0 Å². The Hall–Kier alpha value is -1.97. The number of ether oxygens (including phenoxy) is 1. The van der Waals surface area contributed by atoms with E-state index in [0.717, 1.165) is 49.6 Å². The fraction of sp³-hybridized carbons (Fsp3) is 0.500. The lowest BCUT2D eigenvalue weighted by Gasteiger charge is -2.26. The van der Waals surface area contributed by atoms with Crippen LogP contribution < -0.4 is 5.32 Å². The minimum atomic E-state index is -0.357. The van der Waals surface area contributed by atoms with E-state index in [1.54, 1.807) is 11.8 Å². The molecule has 1 amide bonds. The highest BCUT2D eigenvalue weighted by molar-refractivity contribution is 7.99. The SMILES string of the molecule is Cn1c(CCNC(=O)c2ccc(F)cc2)nnc1SCCN1CCOCC1. The number of aromatic nitrogens is 3. The van der Waals surface area contributed by atoms with Crippen LogP contribution in [-0.4, -0.2) is 70.7 Å². The highest BCUT2D eigenvalue weighted by Gasteiger charge is 2.13. The van der Waals surface area contributed by atoms with Gasteiger partial charge in [-0.15, -0.1) is 10.2 Å². The van der Waals surface area contributed by atoms with Crippen molar-refractivity contribution in [2.45, 2.75) is 11.6 Å². The Bertz CT molecular complexity index is 747. The third-order valence-corrected chi connectivity index (χ3v) is 5.41. The number of nitrogens with zero attached hydrogens (tertiary/aromatic N) is 4. The van der Waals surface area contributed by atoms with Gasteiger partial charge in [-0.25, -0.2) is 4.39 Å². The van der Waals surface area contributed by atoms with Crippen LogP contribution in [0.3, 0.4) is 0 Å². The topological polar surface area (TPSA) is 72.3 Å². The van der Waals surface area contributed by atoms with Crippen LogP contribution in [0.5, 0.6) is 0 Å². The largest absolute Gasteiger partial charge is 0.379 e. The first-order chi connectivity index (χ1) is 13.1. The van der Waals surface area contributed by atoms with Crippen LogP contribution in [0.15, 0.2) is 29.4 Å². The molecule has 0 aliphatic carbocycles. The Balaban J connectivity index is 1.41. The second kappa shape index (κ2) is 9.82. The summed E-state index contributed by atoms with van der Waals surface area (Å²) in [6, 6.07) is 5.49. The van der Waals surface area contributed by atoms with Gasteiger partial charge in [-0.1, -0.05) is 11.8 Å². The average Bonchev–Trinajstić information content (AvgIpc) is 3.03. The molecule has 0 spiro atoms. The molecule has 1 fully saturated rings. The summed E-state index contributed by atoms with van der Waals surface area (Å²) >= 11 is 1.68. The Morgan fingerprint density at radius 3 is 2.74 bits per heavy atom. The Morgan fingerprint density at radius 1 is 1.26 bits per heavy atom. The molecule has 146 valence electrons. The molecule has 0 radical (unpaired) electrons. The number of hydrogen-bond donors (Lipinski definition) is 1. The van der Waals surface area contributed by atoms with E-state index in [2.05, 4.69) is 20.4 Å². The summed E-state index contributed by atoms with van der Waals surface area (Å²) in [5, 5.41) is 12.2. The summed E-state index contributed by atoms with van der Waals surface area (Å²) in [5.74, 6) is 1.19. The first-order valence-electron chi connectivity index (χ1n) is 8.98. The number of amides is 1. The third kappa shape index (κ3) is 5.75. The number of thioether (sulfide) groups is 1. The van der Waals surface area contributed by atoms with E-state index in [1.807, 2.05) is 11.6 Å². The molecule has 1 aliphatic rings. The summed E-state index contributed by atoms with van der Waals surface area (Å²) in [6.07, 6.45) is 0.584. The molecule has 1 saturated heterocycles. The zero-order chi connectivity index (χ0) is 19.1. The molecule has 9 heteroatoms. The molecule has 0 bridgehead atoms. The van der Waals surface area contributed by atoms with Gasteiger partial charge in [0.05, 0.1) is 13.2 Å². The second-order valence-electron chi connectivity index (χ2n) is 6.27. The molecule has 0 atom stereocenters. The van der Waals surface area contributed by atoms with E-state index >= 15 is 0 Å². The molecule has 7 nitrogen and oxygen atoms in total. The van der Waals surface area contributed by atoms with E-state index in [9.17, 15) is 9.18 Å². The molecule has 1 aromatic carbocycles. The maximum atomic E-state index is 12.9. The van der Waals surface area contributed by atoms with Crippen molar-refractivity contribution < 1.29 is 13.9 Å². The Kier molecular flexibility index (Phi) is 7.19. The fourth-order valence-corrected chi connectivity index (χ4v) is 3.70. The molecule has 1 aromatic heterocycles. The van der Waals surface area contributed by atoms with E-state index in [-0.39, 0.29) is 11.7 Å². The predicted octanol–water partition coefficient (Wildman–Crippen LogP) is 1.35. The number of hydrogen-bond acceptors (Lipinski definition) is 6. The number of morpholine rings is 1. The van der Waals surface area contributed by atoms with Crippen LogP contribution >= 0.6 is 11.8 Å². The average molecular weight is 393 g/mol. The molecule has 0 saturated carbocycles. The van der Waals surface area contributed by atoms with Crippen molar-refractivity contribution in [3.05, 3.63) is 41.5 Å². The predicted molar refractivity (Wildman–Crippen MR) is 101 cm³/mol. The van der Waals surface area contributed by atoms with Gasteiger partial charge >= 0.3 is 0 Å². The smallest absolute Gasteiger partial charge is 0.251 e. The van der Waals surface area contributed by atoms with E-state index < -0.39 is 0 Å². The van der Waals surface area contributed by atoms with Gasteiger partial charge in [-0.3, -0.25) is 9.69 Å². The highest BCUT2D eigenvalue weighted by Crippen LogP contribution is 2.16. The molecule has 27 heavy (non-hydrogen) atoms. The van der Waals surface area contributed by atoms with Crippen molar-refractivity contribution in [3.63, 3.8) is 0 Å².